The topological polar surface area (TPSA) is 9.23 Å². The predicted molar refractivity (Wildman–Crippen MR) is 81.9 cm³/mol. The molecule has 120 valence electrons. The van der Waals surface area contributed by atoms with Gasteiger partial charge in [-0.2, -0.15) is 0 Å². The monoisotopic (exact) mass is 310 g/mol. The Balaban J connectivity index is 2.02. The fourth-order valence-electron chi connectivity index (χ4n) is 2.48. The molecule has 1 aromatic carbocycles. The van der Waals surface area contributed by atoms with E-state index >= 15 is 0 Å². The lowest BCUT2D eigenvalue weighted by Gasteiger charge is -2.22. The summed E-state index contributed by atoms with van der Waals surface area (Å²) in [4.78, 5) is 0. The molecule has 0 fully saturated rings. The van der Waals surface area contributed by atoms with Crippen molar-refractivity contribution >= 4 is 5.83 Å². The molecule has 0 spiro atoms. The highest BCUT2D eigenvalue weighted by Gasteiger charge is 2.21. The maximum Gasteiger partial charge on any atom is 0.166 e. The molecular formula is C18H21F3O. The summed E-state index contributed by atoms with van der Waals surface area (Å²) < 4.78 is 46.6. The van der Waals surface area contributed by atoms with E-state index in [0.29, 0.717) is 12.8 Å². The first-order chi connectivity index (χ1) is 10.6. The van der Waals surface area contributed by atoms with Crippen molar-refractivity contribution in [3.8, 4) is 0 Å². The van der Waals surface area contributed by atoms with Crippen LogP contribution in [0.5, 0.6) is 0 Å². The molecule has 1 unspecified atom stereocenters. The molecule has 2 rings (SSSR count). The molecule has 1 nitrogen and oxygen atoms in total. The maximum atomic E-state index is 14.2. The van der Waals surface area contributed by atoms with Crippen LogP contribution >= 0.6 is 0 Å². The second kappa shape index (κ2) is 8.06. The fraction of sp³-hybridized carbons (Fsp3) is 0.444. The first kappa shape index (κ1) is 16.7. The van der Waals surface area contributed by atoms with Gasteiger partial charge in [-0.25, -0.2) is 13.2 Å². The first-order valence-corrected chi connectivity index (χ1v) is 7.78. The Bertz CT molecular complexity index is 546. The Morgan fingerprint density at radius 1 is 1.14 bits per heavy atom. The molecule has 0 saturated heterocycles. The number of halogens is 3. The van der Waals surface area contributed by atoms with Gasteiger partial charge in [0.25, 0.3) is 0 Å². The van der Waals surface area contributed by atoms with E-state index in [2.05, 4.69) is 6.92 Å². The molecule has 0 aromatic heterocycles. The van der Waals surface area contributed by atoms with E-state index in [1.807, 2.05) is 0 Å². The van der Waals surface area contributed by atoms with Gasteiger partial charge in [0.1, 0.15) is 5.82 Å². The second-order valence-corrected chi connectivity index (χ2v) is 5.57. The average Bonchev–Trinajstić information content (AvgIpc) is 2.55. The molecule has 1 aliphatic heterocycles. The molecule has 0 saturated carbocycles. The van der Waals surface area contributed by atoms with Crippen molar-refractivity contribution in [2.24, 2.45) is 0 Å². The van der Waals surface area contributed by atoms with Gasteiger partial charge in [0, 0.05) is 11.1 Å². The van der Waals surface area contributed by atoms with Crippen LogP contribution < -0.4 is 0 Å². The van der Waals surface area contributed by atoms with Crippen molar-refractivity contribution in [2.75, 3.05) is 0 Å². The van der Waals surface area contributed by atoms with Gasteiger partial charge in [-0.15, -0.1) is 0 Å². The molecule has 1 aromatic rings. The second-order valence-electron chi connectivity index (χ2n) is 5.57. The number of benzene rings is 1. The largest absolute Gasteiger partial charge is 0.498 e. The molecule has 0 amide bonds. The number of ether oxygens (including phenoxy) is 1. The third kappa shape index (κ3) is 4.39. The lowest BCUT2D eigenvalue weighted by molar-refractivity contribution is 0.108. The zero-order valence-electron chi connectivity index (χ0n) is 12.7. The number of hydrogen-bond donors (Lipinski definition) is 0. The minimum Gasteiger partial charge on any atom is -0.498 e. The first-order valence-electron chi connectivity index (χ1n) is 7.78. The van der Waals surface area contributed by atoms with Crippen molar-refractivity contribution < 1.29 is 17.9 Å². The summed E-state index contributed by atoms with van der Waals surface area (Å²) in [5.74, 6) is -2.37. The third-order valence-electron chi connectivity index (χ3n) is 3.84. The van der Waals surface area contributed by atoms with Crippen LogP contribution in [0.3, 0.4) is 0 Å². The van der Waals surface area contributed by atoms with E-state index < -0.39 is 17.5 Å². The fourth-order valence-corrected chi connectivity index (χ4v) is 2.48. The summed E-state index contributed by atoms with van der Waals surface area (Å²) in [5.41, 5.74) is 0.262. The molecule has 1 aliphatic rings. The van der Waals surface area contributed by atoms with Crippen LogP contribution in [0.2, 0.25) is 0 Å². The minimum atomic E-state index is -0.973. The van der Waals surface area contributed by atoms with Crippen LogP contribution in [0.25, 0.3) is 5.83 Å². The predicted octanol–water partition coefficient (Wildman–Crippen LogP) is 6.08. The van der Waals surface area contributed by atoms with Crippen molar-refractivity contribution in [1.29, 1.82) is 0 Å². The quantitative estimate of drug-likeness (QED) is 0.579. The standard InChI is InChI=1S/C18H21F3O/c1-2-3-4-5-16-11-8-14(12-22-16)18(21)17(20)13-6-9-15(19)10-7-13/h6-7,9-10,12,16H,2-5,8,11H2,1H3. The summed E-state index contributed by atoms with van der Waals surface area (Å²) >= 11 is 0. The van der Waals surface area contributed by atoms with Crippen LogP contribution in [-0.2, 0) is 4.74 Å². The van der Waals surface area contributed by atoms with Gasteiger partial charge in [-0.1, -0.05) is 19.8 Å². The van der Waals surface area contributed by atoms with Gasteiger partial charge < -0.3 is 4.74 Å². The van der Waals surface area contributed by atoms with E-state index in [0.717, 1.165) is 37.8 Å². The zero-order valence-corrected chi connectivity index (χ0v) is 12.7. The summed E-state index contributed by atoms with van der Waals surface area (Å²) in [7, 11) is 0. The summed E-state index contributed by atoms with van der Waals surface area (Å²) in [6.07, 6.45) is 6.92. The van der Waals surface area contributed by atoms with Crippen molar-refractivity contribution in [1.82, 2.24) is 0 Å². The van der Waals surface area contributed by atoms with Crippen molar-refractivity contribution in [3.63, 3.8) is 0 Å². The Morgan fingerprint density at radius 2 is 1.86 bits per heavy atom. The van der Waals surface area contributed by atoms with Crippen LogP contribution in [0.15, 0.2) is 41.9 Å². The molecule has 22 heavy (non-hydrogen) atoms. The van der Waals surface area contributed by atoms with E-state index in [9.17, 15) is 13.2 Å². The Morgan fingerprint density at radius 3 is 2.45 bits per heavy atom. The maximum absolute atomic E-state index is 14.2. The van der Waals surface area contributed by atoms with Gasteiger partial charge >= 0.3 is 0 Å². The smallest absolute Gasteiger partial charge is 0.166 e. The Labute approximate surface area is 129 Å². The number of allylic oxidation sites excluding steroid dienone is 2. The molecule has 1 heterocycles. The van der Waals surface area contributed by atoms with Crippen molar-refractivity contribution in [2.45, 2.75) is 51.6 Å². The molecule has 4 heteroatoms. The number of unbranched alkanes of at least 4 members (excludes halogenated alkanes) is 2. The highest BCUT2D eigenvalue weighted by molar-refractivity contribution is 5.64. The third-order valence-corrected chi connectivity index (χ3v) is 3.84. The molecule has 1 atom stereocenters. The summed E-state index contributed by atoms with van der Waals surface area (Å²) in [6.45, 7) is 2.14. The highest BCUT2D eigenvalue weighted by atomic mass is 19.2. The molecule has 0 N–H and O–H groups in total. The van der Waals surface area contributed by atoms with Gasteiger partial charge in [0.2, 0.25) is 0 Å². The SMILES string of the molecule is CCCCCC1CCC(C(F)=C(F)c2ccc(F)cc2)=CO1. The molecule has 0 aliphatic carbocycles. The number of hydrogen-bond acceptors (Lipinski definition) is 1. The van der Waals surface area contributed by atoms with Gasteiger partial charge in [0.05, 0.1) is 12.4 Å². The van der Waals surface area contributed by atoms with Crippen LogP contribution in [0.1, 0.15) is 51.0 Å². The minimum absolute atomic E-state index is 0.0323. The summed E-state index contributed by atoms with van der Waals surface area (Å²) in [6, 6.07) is 4.67. The van der Waals surface area contributed by atoms with E-state index in [4.69, 9.17) is 4.74 Å². The van der Waals surface area contributed by atoms with Crippen molar-refractivity contribution in [3.05, 3.63) is 53.3 Å². The van der Waals surface area contributed by atoms with Gasteiger partial charge in [0.15, 0.2) is 11.7 Å². The van der Waals surface area contributed by atoms with E-state index in [1.165, 1.54) is 18.4 Å². The van der Waals surface area contributed by atoms with E-state index in [1.54, 1.807) is 0 Å². The molecule has 0 radical (unpaired) electrons. The Hall–Kier alpha value is -1.71. The van der Waals surface area contributed by atoms with E-state index in [-0.39, 0.29) is 17.2 Å². The summed E-state index contributed by atoms with van der Waals surface area (Å²) in [5, 5.41) is 0. The van der Waals surface area contributed by atoms with Crippen LogP contribution in [0, 0.1) is 5.82 Å². The van der Waals surface area contributed by atoms with Gasteiger partial charge in [-0.05, 0) is 49.9 Å². The van der Waals surface area contributed by atoms with Crippen LogP contribution in [0.4, 0.5) is 13.2 Å². The molecular weight excluding hydrogens is 289 g/mol. The normalized spacial score (nSPS) is 19.3. The lowest BCUT2D eigenvalue weighted by Crippen LogP contribution is -2.15. The highest BCUT2D eigenvalue weighted by Crippen LogP contribution is 2.32. The average molecular weight is 310 g/mol. The number of rotatable bonds is 6. The zero-order chi connectivity index (χ0) is 15.9. The van der Waals surface area contributed by atoms with Crippen LogP contribution in [-0.4, -0.2) is 6.10 Å². The Kier molecular flexibility index (Phi) is 6.10. The van der Waals surface area contributed by atoms with Gasteiger partial charge in [-0.3, -0.25) is 0 Å². The molecule has 0 bridgehead atoms. The lowest BCUT2D eigenvalue weighted by atomic mass is 9.99.